The molecule has 1 atom stereocenters. The molecule has 64 heavy (non-hydrogen) atoms. The van der Waals surface area contributed by atoms with Gasteiger partial charge >= 0.3 is 5.97 Å². The average Bonchev–Trinajstić information content (AvgIpc) is 3.26. The van der Waals surface area contributed by atoms with Crippen molar-refractivity contribution in [3.05, 3.63) is 72.9 Å². The third-order valence-corrected chi connectivity index (χ3v) is 12.5. The first kappa shape index (κ1) is 64.2. The molecule has 0 aromatic heterocycles. The lowest BCUT2D eigenvalue weighted by Crippen LogP contribution is -3.00. The van der Waals surface area contributed by atoms with Crippen LogP contribution in [0.5, 0.6) is 0 Å². The Morgan fingerprint density at radius 2 is 0.672 bits per heavy atom. The lowest BCUT2D eigenvalue weighted by molar-refractivity contribution is -0.877. The SMILES string of the molecule is CCCCCC=CCC=CCCCCCCCCC(CCCCCCCC/C=C\C/C=C\CCCCC)(COC(=O)CCCCCCC/C=C\C/C=C\CCCCC)C[N+](C)(C)C.[Cl-]. The molecule has 0 aliphatic carbocycles. The van der Waals surface area contributed by atoms with Crippen LogP contribution >= 0.6 is 0 Å². The van der Waals surface area contributed by atoms with E-state index in [0.29, 0.717) is 13.0 Å². The maximum atomic E-state index is 13.2. The molecule has 0 heterocycles. The van der Waals surface area contributed by atoms with Crippen LogP contribution in [0.2, 0.25) is 0 Å². The van der Waals surface area contributed by atoms with Crippen LogP contribution < -0.4 is 12.4 Å². The number of hydrogen-bond donors (Lipinski definition) is 0. The van der Waals surface area contributed by atoms with Crippen molar-refractivity contribution in [3.63, 3.8) is 0 Å². The number of nitrogens with zero attached hydrogens (tertiary/aromatic N) is 1. The van der Waals surface area contributed by atoms with Crippen molar-refractivity contribution in [1.82, 2.24) is 0 Å². The van der Waals surface area contributed by atoms with Gasteiger partial charge in [0.25, 0.3) is 0 Å². The number of unbranched alkanes of at least 4 members (excludes halogenated alkanes) is 26. The van der Waals surface area contributed by atoms with Gasteiger partial charge in [0.2, 0.25) is 0 Å². The first-order chi connectivity index (χ1) is 30.8. The molecular weight excluding hydrogens is 802 g/mol. The molecule has 4 heteroatoms. The molecule has 0 aromatic carbocycles. The molecule has 0 N–H and O–H groups in total. The first-order valence-electron chi connectivity index (χ1n) is 27.6. The van der Waals surface area contributed by atoms with Gasteiger partial charge in [-0.15, -0.1) is 0 Å². The number of halogens is 1. The zero-order valence-corrected chi connectivity index (χ0v) is 44.6. The van der Waals surface area contributed by atoms with Gasteiger partial charge in [-0.3, -0.25) is 4.79 Å². The van der Waals surface area contributed by atoms with E-state index in [-0.39, 0.29) is 23.8 Å². The summed E-state index contributed by atoms with van der Waals surface area (Å²) in [6.45, 7) is 8.48. The molecule has 0 fully saturated rings. The predicted octanol–water partition coefficient (Wildman–Crippen LogP) is 16.4. The van der Waals surface area contributed by atoms with Crippen LogP contribution in [0.1, 0.15) is 265 Å². The van der Waals surface area contributed by atoms with Crippen LogP contribution in [0.15, 0.2) is 72.9 Å². The van der Waals surface area contributed by atoms with E-state index in [2.05, 4.69) is 115 Å². The molecule has 0 spiro atoms. The molecule has 0 aliphatic heterocycles. The van der Waals surface area contributed by atoms with E-state index in [0.717, 1.165) is 43.1 Å². The van der Waals surface area contributed by atoms with Gasteiger partial charge in [-0.05, 0) is 116 Å². The molecule has 0 saturated heterocycles. The van der Waals surface area contributed by atoms with Gasteiger partial charge in [0.05, 0.1) is 33.1 Å². The van der Waals surface area contributed by atoms with E-state index in [1.165, 1.54) is 205 Å². The normalized spacial score (nSPS) is 13.5. The Balaban J connectivity index is 0. The average molecular weight is 913 g/mol. The van der Waals surface area contributed by atoms with Crippen LogP contribution in [0.25, 0.3) is 0 Å². The van der Waals surface area contributed by atoms with Crippen molar-refractivity contribution in [2.45, 2.75) is 265 Å². The smallest absolute Gasteiger partial charge is 0.305 e. The minimum absolute atomic E-state index is 0. The highest BCUT2D eigenvalue weighted by Crippen LogP contribution is 2.35. The summed E-state index contributed by atoms with van der Waals surface area (Å²) in [6.07, 6.45) is 75.0. The van der Waals surface area contributed by atoms with Gasteiger partial charge < -0.3 is 21.6 Å². The monoisotopic (exact) mass is 912 g/mol. The Bertz CT molecular complexity index is 1090. The summed E-state index contributed by atoms with van der Waals surface area (Å²) in [6, 6.07) is 0. The van der Waals surface area contributed by atoms with Crippen molar-refractivity contribution in [3.8, 4) is 0 Å². The molecule has 0 aliphatic rings. The van der Waals surface area contributed by atoms with Crippen LogP contribution in [0, 0.1) is 5.41 Å². The maximum Gasteiger partial charge on any atom is 0.305 e. The highest BCUT2D eigenvalue weighted by atomic mass is 35.5. The fourth-order valence-corrected chi connectivity index (χ4v) is 8.84. The van der Waals surface area contributed by atoms with Gasteiger partial charge in [-0.25, -0.2) is 0 Å². The molecule has 1 unspecified atom stereocenters. The van der Waals surface area contributed by atoms with Crippen LogP contribution in [-0.4, -0.2) is 44.7 Å². The van der Waals surface area contributed by atoms with Crippen molar-refractivity contribution in [1.29, 1.82) is 0 Å². The van der Waals surface area contributed by atoms with Crippen LogP contribution in [0.3, 0.4) is 0 Å². The fourth-order valence-electron chi connectivity index (χ4n) is 8.84. The third-order valence-electron chi connectivity index (χ3n) is 12.5. The molecule has 0 bridgehead atoms. The van der Waals surface area contributed by atoms with Crippen LogP contribution in [-0.2, 0) is 9.53 Å². The van der Waals surface area contributed by atoms with E-state index in [4.69, 9.17) is 4.74 Å². The lowest BCUT2D eigenvalue weighted by Gasteiger charge is -2.39. The Labute approximate surface area is 408 Å². The zero-order valence-electron chi connectivity index (χ0n) is 43.9. The standard InChI is InChI=1S/C60H110NO2.ClH/c1-7-10-13-16-19-22-25-28-31-34-37-40-43-46-49-52-55-60(57-61(4,5)6,56-53-50-47-44-41-38-35-32-29-26-23-20-17-14-11-8-2)58-63-59(62)54-51-48-45-42-39-36-33-30-27-24-21-18-15-12-9-3;/h19-24,28-33H,7-18,25-27,34-58H2,1-6H3;1H/q+1;/p-1/b22-19-,23-20?,24-21-,31-28-,32-29?,33-30-;. The molecule has 3 nitrogen and oxygen atoms in total. The summed E-state index contributed by atoms with van der Waals surface area (Å²) >= 11 is 0. The Kier molecular flexibility index (Phi) is 50.8. The fraction of sp³-hybridized carbons (Fsp3) is 0.783. The molecule has 0 radical (unpaired) electrons. The van der Waals surface area contributed by atoms with E-state index in [1.807, 2.05) is 0 Å². The summed E-state index contributed by atoms with van der Waals surface area (Å²) in [5.74, 6) is 0.0283. The highest BCUT2D eigenvalue weighted by molar-refractivity contribution is 5.69. The number of rotatable bonds is 48. The molecule has 0 aromatic rings. The molecule has 0 amide bonds. The summed E-state index contributed by atoms with van der Waals surface area (Å²) in [7, 11) is 6.99. The van der Waals surface area contributed by atoms with Gasteiger partial charge in [0.1, 0.15) is 6.61 Å². The van der Waals surface area contributed by atoms with Gasteiger partial charge in [0.15, 0.2) is 0 Å². The minimum atomic E-state index is 0. The van der Waals surface area contributed by atoms with Crippen molar-refractivity contribution in [2.24, 2.45) is 5.41 Å². The number of ether oxygens (including phenoxy) is 1. The second-order valence-electron chi connectivity index (χ2n) is 20.3. The number of quaternary nitrogens is 1. The second-order valence-corrected chi connectivity index (χ2v) is 20.3. The Hall–Kier alpha value is -1.84. The minimum Gasteiger partial charge on any atom is -1.00 e. The number of esters is 1. The van der Waals surface area contributed by atoms with E-state index < -0.39 is 0 Å². The van der Waals surface area contributed by atoms with Crippen molar-refractivity contribution >= 4 is 5.97 Å². The lowest BCUT2D eigenvalue weighted by atomic mass is 9.77. The van der Waals surface area contributed by atoms with E-state index >= 15 is 0 Å². The Morgan fingerprint density at radius 3 is 0.984 bits per heavy atom. The van der Waals surface area contributed by atoms with Gasteiger partial charge in [-0.2, -0.15) is 0 Å². The number of allylic oxidation sites excluding steroid dienone is 12. The summed E-state index contributed by atoms with van der Waals surface area (Å²) in [5, 5.41) is 0. The molecule has 0 saturated carbocycles. The second kappa shape index (κ2) is 50.6. The topological polar surface area (TPSA) is 26.3 Å². The van der Waals surface area contributed by atoms with Crippen molar-refractivity contribution in [2.75, 3.05) is 34.3 Å². The highest BCUT2D eigenvalue weighted by Gasteiger charge is 2.36. The van der Waals surface area contributed by atoms with Crippen molar-refractivity contribution < 1.29 is 26.4 Å². The summed E-state index contributed by atoms with van der Waals surface area (Å²) in [4.78, 5) is 13.2. The maximum absolute atomic E-state index is 13.2. The quantitative estimate of drug-likeness (QED) is 0.0263. The number of carbonyl (C=O) groups is 1. The predicted molar refractivity (Wildman–Crippen MR) is 284 cm³/mol. The van der Waals surface area contributed by atoms with Crippen LogP contribution in [0.4, 0.5) is 0 Å². The summed E-state index contributed by atoms with van der Waals surface area (Å²) in [5.41, 5.74) is 0.0662. The van der Waals surface area contributed by atoms with E-state index in [9.17, 15) is 4.79 Å². The van der Waals surface area contributed by atoms with Gasteiger partial charge in [-0.1, -0.05) is 216 Å². The summed E-state index contributed by atoms with van der Waals surface area (Å²) < 4.78 is 7.17. The van der Waals surface area contributed by atoms with Gasteiger partial charge in [0, 0.05) is 6.42 Å². The number of hydrogen-bond acceptors (Lipinski definition) is 2. The zero-order chi connectivity index (χ0) is 46.1. The largest absolute Gasteiger partial charge is 1.00 e. The number of carbonyl (C=O) groups excluding carboxylic acids is 1. The first-order valence-corrected chi connectivity index (χ1v) is 27.6. The molecule has 374 valence electrons. The molecule has 0 rings (SSSR count). The third kappa shape index (κ3) is 49.6. The van der Waals surface area contributed by atoms with E-state index in [1.54, 1.807) is 0 Å². The Morgan fingerprint density at radius 1 is 0.391 bits per heavy atom. The molecular formula is C60H110ClNO2.